The van der Waals surface area contributed by atoms with Crippen LogP contribution < -0.4 is 20.7 Å². The van der Waals surface area contributed by atoms with Crippen LogP contribution in [0.5, 0.6) is 11.5 Å². The van der Waals surface area contributed by atoms with Gasteiger partial charge in [0, 0.05) is 42.7 Å². The Hall–Kier alpha value is -5.19. The maximum absolute atomic E-state index is 12.9. The SMILES string of the molecule is CC(=O)Nc1cc(Oc2ccc(NC(=O)Nc3cn(C(C)C)nc3-c3ccc4[nH]cnc4c3)cc2)ccn1. The van der Waals surface area contributed by atoms with E-state index in [1.807, 2.05) is 42.9 Å². The third-order valence-electron chi connectivity index (χ3n) is 5.59. The Morgan fingerprint density at radius 3 is 2.53 bits per heavy atom. The van der Waals surface area contributed by atoms with Gasteiger partial charge in [-0.3, -0.25) is 9.48 Å². The number of imidazole rings is 1. The molecule has 38 heavy (non-hydrogen) atoms. The Balaban J connectivity index is 1.28. The number of fused-ring (bicyclic) bond motifs is 1. The lowest BCUT2D eigenvalue weighted by Gasteiger charge is -2.10. The van der Waals surface area contributed by atoms with Crippen LogP contribution in [0.1, 0.15) is 26.8 Å². The van der Waals surface area contributed by atoms with Crippen molar-refractivity contribution in [2.24, 2.45) is 0 Å². The fourth-order valence-corrected chi connectivity index (χ4v) is 3.79. The first-order chi connectivity index (χ1) is 18.3. The summed E-state index contributed by atoms with van der Waals surface area (Å²) >= 11 is 0. The van der Waals surface area contributed by atoms with Crippen LogP contribution >= 0.6 is 0 Å². The number of carbonyl (C=O) groups excluding carboxylic acids is 2. The number of aromatic nitrogens is 5. The van der Waals surface area contributed by atoms with Crippen molar-refractivity contribution in [3.8, 4) is 22.8 Å². The molecular weight excluding hydrogens is 484 g/mol. The maximum atomic E-state index is 12.9. The zero-order chi connectivity index (χ0) is 26.6. The summed E-state index contributed by atoms with van der Waals surface area (Å²) in [6.07, 6.45) is 5.00. The molecule has 0 fully saturated rings. The quantitative estimate of drug-likeness (QED) is 0.218. The highest BCUT2D eigenvalue weighted by atomic mass is 16.5. The molecule has 0 spiro atoms. The zero-order valence-electron chi connectivity index (χ0n) is 21.0. The third kappa shape index (κ3) is 5.62. The minimum atomic E-state index is -0.404. The predicted molar refractivity (Wildman–Crippen MR) is 145 cm³/mol. The Kier molecular flexibility index (Phi) is 6.72. The number of amides is 3. The molecule has 3 amide bonds. The highest BCUT2D eigenvalue weighted by molar-refractivity contribution is 6.02. The molecule has 0 aliphatic carbocycles. The number of nitrogens with zero attached hydrogens (tertiary/aromatic N) is 4. The van der Waals surface area contributed by atoms with Gasteiger partial charge in [0.2, 0.25) is 5.91 Å². The van der Waals surface area contributed by atoms with Gasteiger partial charge in [-0.2, -0.15) is 5.10 Å². The molecular formula is C27H26N8O3. The average Bonchev–Trinajstić information content (AvgIpc) is 3.52. The molecule has 0 unspecified atom stereocenters. The maximum Gasteiger partial charge on any atom is 0.323 e. The van der Waals surface area contributed by atoms with E-state index in [2.05, 4.69) is 30.9 Å². The number of hydrogen-bond donors (Lipinski definition) is 4. The molecule has 5 rings (SSSR count). The first-order valence-corrected chi connectivity index (χ1v) is 12.0. The first-order valence-electron chi connectivity index (χ1n) is 12.0. The van der Waals surface area contributed by atoms with Gasteiger partial charge in [-0.15, -0.1) is 0 Å². The van der Waals surface area contributed by atoms with Gasteiger partial charge in [-0.25, -0.2) is 14.8 Å². The molecule has 11 nitrogen and oxygen atoms in total. The fraction of sp³-hybridized carbons (Fsp3) is 0.148. The predicted octanol–water partition coefficient (Wildman–Crippen LogP) is 5.80. The highest BCUT2D eigenvalue weighted by Gasteiger charge is 2.16. The number of ether oxygens (including phenoxy) is 1. The van der Waals surface area contributed by atoms with E-state index in [1.165, 1.54) is 6.92 Å². The number of H-pyrrole nitrogens is 1. The lowest BCUT2D eigenvalue weighted by atomic mass is 10.1. The number of pyridine rings is 1. The summed E-state index contributed by atoms with van der Waals surface area (Å²) in [5.74, 6) is 1.26. The van der Waals surface area contributed by atoms with Crippen LogP contribution in [0.3, 0.4) is 0 Å². The zero-order valence-corrected chi connectivity index (χ0v) is 21.0. The van der Waals surface area contributed by atoms with Gasteiger partial charge in [-0.05, 0) is 56.3 Å². The number of urea groups is 1. The monoisotopic (exact) mass is 510 g/mol. The second-order valence-corrected chi connectivity index (χ2v) is 8.86. The highest BCUT2D eigenvalue weighted by Crippen LogP contribution is 2.30. The lowest BCUT2D eigenvalue weighted by molar-refractivity contribution is -0.114. The largest absolute Gasteiger partial charge is 0.457 e. The Morgan fingerprint density at radius 2 is 1.76 bits per heavy atom. The van der Waals surface area contributed by atoms with Crippen LogP contribution in [-0.4, -0.2) is 36.7 Å². The summed E-state index contributed by atoms with van der Waals surface area (Å²) in [5, 5.41) is 13.1. The van der Waals surface area contributed by atoms with E-state index >= 15 is 0 Å². The second kappa shape index (κ2) is 10.4. The fourth-order valence-electron chi connectivity index (χ4n) is 3.79. The van der Waals surface area contributed by atoms with Crippen molar-refractivity contribution >= 4 is 40.2 Å². The Labute approximate surface area is 218 Å². The van der Waals surface area contributed by atoms with Crippen LogP contribution in [0.25, 0.3) is 22.3 Å². The smallest absolute Gasteiger partial charge is 0.323 e. The van der Waals surface area contributed by atoms with Gasteiger partial charge in [0.1, 0.15) is 23.0 Å². The van der Waals surface area contributed by atoms with Crippen LogP contribution in [0.2, 0.25) is 0 Å². The van der Waals surface area contributed by atoms with E-state index in [0.29, 0.717) is 34.4 Å². The number of aromatic amines is 1. The molecule has 0 saturated carbocycles. The summed E-state index contributed by atoms with van der Waals surface area (Å²) in [6.45, 7) is 5.45. The molecule has 0 radical (unpaired) electrons. The van der Waals surface area contributed by atoms with Gasteiger partial charge in [0.05, 0.1) is 23.0 Å². The van der Waals surface area contributed by atoms with Crippen molar-refractivity contribution in [1.29, 1.82) is 0 Å². The minimum absolute atomic E-state index is 0.115. The molecule has 3 aromatic heterocycles. The molecule has 0 atom stereocenters. The van der Waals surface area contributed by atoms with E-state index < -0.39 is 6.03 Å². The number of nitrogens with one attached hydrogen (secondary N) is 4. The van der Waals surface area contributed by atoms with E-state index in [4.69, 9.17) is 9.84 Å². The molecule has 0 aliphatic rings. The second-order valence-electron chi connectivity index (χ2n) is 8.86. The van der Waals surface area contributed by atoms with Crippen LogP contribution in [0.4, 0.5) is 22.0 Å². The van der Waals surface area contributed by atoms with Crippen molar-refractivity contribution in [3.05, 3.63) is 73.3 Å². The van der Waals surface area contributed by atoms with Crippen molar-refractivity contribution in [2.75, 3.05) is 16.0 Å². The normalized spacial score (nSPS) is 10.9. The molecule has 4 N–H and O–H groups in total. The number of benzene rings is 2. The Morgan fingerprint density at radius 1 is 0.947 bits per heavy atom. The summed E-state index contributed by atoms with van der Waals surface area (Å²) in [7, 11) is 0. The molecule has 0 bridgehead atoms. The van der Waals surface area contributed by atoms with Gasteiger partial charge >= 0.3 is 6.03 Å². The third-order valence-corrected chi connectivity index (χ3v) is 5.59. The lowest BCUT2D eigenvalue weighted by Crippen LogP contribution is -2.19. The number of carbonyl (C=O) groups is 2. The van der Waals surface area contributed by atoms with Gasteiger partial charge in [-0.1, -0.05) is 6.07 Å². The van der Waals surface area contributed by atoms with Crippen molar-refractivity contribution in [1.82, 2.24) is 24.7 Å². The number of anilines is 3. The summed E-state index contributed by atoms with van der Waals surface area (Å²) in [4.78, 5) is 35.6. The number of hydrogen-bond acceptors (Lipinski definition) is 6. The summed E-state index contributed by atoms with van der Waals surface area (Å²) in [6, 6.07) is 15.8. The Bertz CT molecular complexity index is 1600. The molecule has 2 aromatic carbocycles. The average molecular weight is 511 g/mol. The van der Waals surface area contributed by atoms with Crippen molar-refractivity contribution in [2.45, 2.75) is 26.8 Å². The summed E-state index contributed by atoms with van der Waals surface area (Å²) < 4.78 is 7.64. The minimum Gasteiger partial charge on any atom is -0.457 e. The van der Waals surface area contributed by atoms with E-state index in [1.54, 1.807) is 48.9 Å². The molecule has 3 heterocycles. The number of rotatable bonds is 7. The first kappa shape index (κ1) is 24.5. The topological polar surface area (TPSA) is 139 Å². The van der Waals surface area contributed by atoms with Crippen LogP contribution in [0.15, 0.2) is 73.3 Å². The van der Waals surface area contributed by atoms with Crippen LogP contribution in [-0.2, 0) is 4.79 Å². The molecule has 192 valence electrons. The van der Waals surface area contributed by atoms with E-state index in [-0.39, 0.29) is 11.9 Å². The van der Waals surface area contributed by atoms with Crippen molar-refractivity contribution in [3.63, 3.8) is 0 Å². The van der Waals surface area contributed by atoms with Gasteiger partial charge < -0.3 is 25.7 Å². The standard InChI is InChI=1S/C27H26N8O3/c1-16(2)35-14-24(26(34-35)18-4-9-22-23(12-18)30-15-29-22)33-27(37)32-19-5-7-20(8-6-19)38-21-10-11-28-25(13-21)31-17(3)36/h4-16H,1-3H3,(H,29,30)(H,28,31,36)(H2,32,33,37). The molecule has 11 heteroatoms. The van der Waals surface area contributed by atoms with E-state index in [0.717, 1.165) is 16.6 Å². The molecule has 0 aliphatic heterocycles. The van der Waals surface area contributed by atoms with Gasteiger partial charge in [0.15, 0.2) is 0 Å². The van der Waals surface area contributed by atoms with Gasteiger partial charge in [0.25, 0.3) is 0 Å². The van der Waals surface area contributed by atoms with E-state index in [9.17, 15) is 9.59 Å². The molecule has 5 aromatic rings. The molecule has 0 saturated heterocycles. The summed E-state index contributed by atoms with van der Waals surface area (Å²) in [5.41, 5.74) is 4.40. The van der Waals surface area contributed by atoms with Crippen LogP contribution in [0, 0.1) is 0 Å². The van der Waals surface area contributed by atoms with Crippen molar-refractivity contribution < 1.29 is 14.3 Å².